The van der Waals surface area contributed by atoms with Gasteiger partial charge in [0.05, 0.1) is 0 Å². The van der Waals surface area contributed by atoms with E-state index in [2.05, 4.69) is 29.2 Å². The smallest absolute Gasteiger partial charge is 0.323 e. The molecule has 2 N–H and O–H groups in total. The number of fused-ring (bicyclic) bond motifs is 2. The van der Waals surface area contributed by atoms with Crippen LogP contribution in [0.4, 0.5) is 0 Å². The standard InChI is InChI=1S/C18H26N2O2/c1-12(2)17(19)18(21)22-14-8-10-20-9-7-13-5-3-4-6-15(13)16(20)11-14/h3-6,12-14,17H,7-11,19H2,1-2H3. The maximum absolute atomic E-state index is 12.1. The van der Waals surface area contributed by atoms with Crippen LogP contribution in [0, 0.1) is 11.8 Å². The number of rotatable bonds is 3. The number of carbonyl (C=O) groups is 1. The van der Waals surface area contributed by atoms with E-state index in [1.54, 1.807) is 0 Å². The normalized spacial score (nSPS) is 28.5. The molecule has 0 aromatic rings. The van der Waals surface area contributed by atoms with Crippen molar-refractivity contribution in [2.24, 2.45) is 17.6 Å². The molecule has 0 saturated carbocycles. The monoisotopic (exact) mass is 302 g/mol. The first kappa shape index (κ1) is 15.3. The predicted molar refractivity (Wildman–Crippen MR) is 86.9 cm³/mol. The summed E-state index contributed by atoms with van der Waals surface area (Å²) in [5.41, 5.74) is 8.66. The first-order valence-corrected chi connectivity index (χ1v) is 8.35. The van der Waals surface area contributed by atoms with Gasteiger partial charge in [0, 0.05) is 37.5 Å². The van der Waals surface area contributed by atoms with Gasteiger partial charge in [0.15, 0.2) is 0 Å². The molecule has 0 aromatic heterocycles. The van der Waals surface area contributed by atoms with Crippen LogP contribution in [-0.4, -0.2) is 36.1 Å². The largest absolute Gasteiger partial charge is 0.461 e. The van der Waals surface area contributed by atoms with Crippen molar-refractivity contribution in [1.29, 1.82) is 0 Å². The van der Waals surface area contributed by atoms with E-state index in [-0.39, 0.29) is 18.0 Å². The van der Waals surface area contributed by atoms with Gasteiger partial charge in [0.1, 0.15) is 12.1 Å². The Hall–Kier alpha value is -1.55. The minimum absolute atomic E-state index is 0.0332. The molecule has 4 heteroatoms. The number of piperidine rings is 1. The number of nitrogens with two attached hydrogens (primary N) is 1. The van der Waals surface area contributed by atoms with E-state index in [1.807, 2.05) is 13.8 Å². The van der Waals surface area contributed by atoms with E-state index in [1.165, 1.54) is 17.7 Å². The third-order valence-electron chi connectivity index (χ3n) is 4.97. The second-order valence-electron chi connectivity index (χ2n) is 6.85. The van der Waals surface area contributed by atoms with Gasteiger partial charge in [-0.25, -0.2) is 0 Å². The van der Waals surface area contributed by atoms with E-state index in [4.69, 9.17) is 10.5 Å². The number of ether oxygens (including phenoxy) is 1. The van der Waals surface area contributed by atoms with Gasteiger partial charge < -0.3 is 15.4 Å². The molecule has 120 valence electrons. The summed E-state index contributed by atoms with van der Waals surface area (Å²) in [6.07, 6.45) is 11.6. The highest BCUT2D eigenvalue weighted by atomic mass is 16.5. The molecule has 1 fully saturated rings. The predicted octanol–water partition coefficient (Wildman–Crippen LogP) is 2.38. The summed E-state index contributed by atoms with van der Waals surface area (Å²) < 4.78 is 5.68. The van der Waals surface area contributed by atoms with Gasteiger partial charge >= 0.3 is 5.97 Å². The Morgan fingerprint density at radius 2 is 2.09 bits per heavy atom. The van der Waals surface area contributed by atoms with Crippen LogP contribution in [0.15, 0.2) is 35.6 Å². The molecule has 3 aliphatic rings. The van der Waals surface area contributed by atoms with Gasteiger partial charge in [0.2, 0.25) is 0 Å². The van der Waals surface area contributed by atoms with Crippen LogP contribution in [0.25, 0.3) is 0 Å². The molecule has 3 atom stereocenters. The molecule has 2 heterocycles. The molecular formula is C18H26N2O2. The molecule has 0 spiro atoms. The van der Waals surface area contributed by atoms with Crippen LogP contribution >= 0.6 is 0 Å². The van der Waals surface area contributed by atoms with Gasteiger partial charge in [-0.1, -0.05) is 38.2 Å². The van der Waals surface area contributed by atoms with E-state index >= 15 is 0 Å². The van der Waals surface area contributed by atoms with E-state index < -0.39 is 6.04 Å². The minimum Gasteiger partial charge on any atom is -0.461 e. The highest BCUT2D eigenvalue weighted by Crippen LogP contribution is 2.37. The first-order chi connectivity index (χ1) is 10.6. The van der Waals surface area contributed by atoms with Crippen molar-refractivity contribution in [2.75, 3.05) is 13.1 Å². The molecule has 0 radical (unpaired) electrons. The molecule has 0 aromatic carbocycles. The Labute approximate surface area is 132 Å². The van der Waals surface area contributed by atoms with Crippen molar-refractivity contribution >= 4 is 5.97 Å². The zero-order valence-electron chi connectivity index (χ0n) is 13.5. The molecule has 0 amide bonds. The summed E-state index contributed by atoms with van der Waals surface area (Å²) in [4.78, 5) is 14.6. The Balaban J connectivity index is 1.71. The van der Waals surface area contributed by atoms with Gasteiger partial charge in [0.25, 0.3) is 0 Å². The van der Waals surface area contributed by atoms with Crippen molar-refractivity contribution in [2.45, 2.75) is 45.3 Å². The third-order valence-corrected chi connectivity index (χ3v) is 4.97. The van der Waals surface area contributed by atoms with E-state index in [0.29, 0.717) is 5.92 Å². The number of nitrogens with zero attached hydrogens (tertiary/aromatic N) is 1. The fourth-order valence-corrected chi connectivity index (χ4v) is 3.49. The lowest BCUT2D eigenvalue weighted by molar-refractivity contribution is -0.153. The maximum atomic E-state index is 12.1. The summed E-state index contributed by atoms with van der Waals surface area (Å²) in [6.45, 7) is 5.97. The van der Waals surface area contributed by atoms with E-state index in [0.717, 1.165) is 25.9 Å². The highest BCUT2D eigenvalue weighted by molar-refractivity contribution is 5.76. The summed E-state index contributed by atoms with van der Waals surface area (Å²) in [6, 6.07) is -0.521. The van der Waals surface area contributed by atoms with Crippen molar-refractivity contribution in [3.05, 3.63) is 35.6 Å². The summed E-state index contributed by atoms with van der Waals surface area (Å²) in [7, 11) is 0. The van der Waals surface area contributed by atoms with Crippen molar-refractivity contribution in [3.63, 3.8) is 0 Å². The highest BCUT2D eigenvalue weighted by Gasteiger charge is 2.33. The summed E-state index contributed by atoms with van der Waals surface area (Å²) in [5, 5.41) is 0. The topological polar surface area (TPSA) is 55.6 Å². The van der Waals surface area contributed by atoms with Gasteiger partial charge in [-0.15, -0.1) is 0 Å². The van der Waals surface area contributed by atoms with Crippen LogP contribution in [0.1, 0.15) is 33.1 Å². The molecule has 4 nitrogen and oxygen atoms in total. The zero-order valence-corrected chi connectivity index (χ0v) is 13.5. The molecule has 22 heavy (non-hydrogen) atoms. The Kier molecular flexibility index (Phi) is 4.39. The van der Waals surface area contributed by atoms with Gasteiger partial charge in [-0.2, -0.15) is 0 Å². The molecular weight excluding hydrogens is 276 g/mol. The van der Waals surface area contributed by atoms with Crippen LogP contribution in [-0.2, 0) is 9.53 Å². The quantitative estimate of drug-likeness (QED) is 0.813. The average molecular weight is 302 g/mol. The van der Waals surface area contributed by atoms with Crippen LogP contribution < -0.4 is 5.73 Å². The molecule has 1 saturated heterocycles. The van der Waals surface area contributed by atoms with Gasteiger partial charge in [-0.05, 0) is 17.9 Å². The third kappa shape index (κ3) is 2.98. The fraction of sp³-hybridized carbons (Fsp3) is 0.611. The SMILES string of the molecule is CC(C)C(N)C(=O)OC1CCN2CCC3C=CC=CC3=C2C1. The maximum Gasteiger partial charge on any atom is 0.323 e. The lowest BCUT2D eigenvalue weighted by atomic mass is 9.83. The van der Waals surface area contributed by atoms with Crippen molar-refractivity contribution in [1.82, 2.24) is 4.90 Å². The summed E-state index contributed by atoms with van der Waals surface area (Å²) >= 11 is 0. The lowest BCUT2D eigenvalue weighted by Crippen LogP contribution is -2.44. The van der Waals surface area contributed by atoms with Crippen molar-refractivity contribution < 1.29 is 9.53 Å². The Bertz CT molecular complexity index is 533. The number of esters is 1. The molecule has 1 aliphatic carbocycles. The molecule has 3 rings (SSSR count). The zero-order chi connectivity index (χ0) is 15.7. The van der Waals surface area contributed by atoms with Crippen LogP contribution in [0.3, 0.4) is 0 Å². The second-order valence-corrected chi connectivity index (χ2v) is 6.85. The molecule has 0 bridgehead atoms. The van der Waals surface area contributed by atoms with Crippen LogP contribution in [0.5, 0.6) is 0 Å². The summed E-state index contributed by atoms with van der Waals surface area (Å²) in [5.74, 6) is 0.384. The average Bonchev–Trinajstić information content (AvgIpc) is 2.53. The molecule has 2 aliphatic heterocycles. The lowest BCUT2D eigenvalue weighted by Gasteiger charge is -2.42. The van der Waals surface area contributed by atoms with Crippen molar-refractivity contribution in [3.8, 4) is 0 Å². The number of carbonyl (C=O) groups excluding carboxylic acids is 1. The van der Waals surface area contributed by atoms with E-state index in [9.17, 15) is 4.79 Å². The van der Waals surface area contributed by atoms with Crippen LogP contribution in [0.2, 0.25) is 0 Å². The number of hydrogen-bond donors (Lipinski definition) is 1. The number of hydrogen-bond acceptors (Lipinski definition) is 4. The Morgan fingerprint density at radius 1 is 1.32 bits per heavy atom. The number of allylic oxidation sites excluding steroid dienone is 5. The van der Waals surface area contributed by atoms with Gasteiger partial charge in [-0.3, -0.25) is 4.79 Å². The first-order valence-electron chi connectivity index (χ1n) is 8.35. The minimum atomic E-state index is -0.521. The molecule has 3 unspecified atom stereocenters. The fourth-order valence-electron chi connectivity index (χ4n) is 3.49. The second kappa shape index (κ2) is 6.29. The Morgan fingerprint density at radius 3 is 2.86 bits per heavy atom.